The molecule has 164 valence electrons. The van der Waals surface area contributed by atoms with Crippen LogP contribution in [-0.2, 0) is 0 Å². The van der Waals surface area contributed by atoms with Gasteiger partial charge in [0, 0.05) is 45.2 Å². The average Bonchev–Trinajstić information content (AvgIpc) is 3.59. The molecule has 35 heavy (non-hydrogen) atoms. The second-order valence-electron chi connectivity index (χ2n) is 8.96. The molecule has 0 saturated carbocycles. The fraction of sp³-hybridized carbons (Fsp3) is 0. The third-order valence-electron chi connectivity index (χ3n) is 6.96. The Morgan fingerprint density at radius 1 is 0.600 bits per heavy atom. The molecule has 8 rings (SSSR count). The Bertz CT molecular complexity index is 2020. The lowest BCUT2D eigenvalue weighted by Gasteiger charge is -2.08. The molecule has 0 aliphatic carbocycles. The topological polar surface area (TPSA) is 35.4 Å². The molecule has 4 heteroatoms. The Kier molecular flexibility index (Phi) is 3.63. The summed E-state index contributed by atoms with van der Waals surface area (Å²) in [6.45, 7) is 0. The zero-order valence-corrected chi connectivity index (χ0v) is 18.7. The first-order valence-electron chi connectivity index (χ1n) is 11.7. The highest BCUT2D eigenvalue weighted by molar-refractivity contribution is 6.17. The predicted octanol–water partition coefficient (Wildman–Crippen LogP) is 8.00. The van der Waals surface area contributed by atoms with Gasteiger partial charge in [-0.1, -0.05) is 54.6 Å². The average molecular weight is 450 g/mol. The number of rotatable bonds is 2. The van der Waals surface area contributed by atoms with Gasteiger partial charge in [0.25, 0.3) is 0 Å². The van der Waals surface area contributed by atoms with Crippen LogP contribution in [0.5, 0.6) is 0 Å². The van der Waals surface area contributed by atoms with Crippen molar-refractivity contribution in [3.8, 4) is 16.9 Å². The van der Waals surface area contributed by atoms with Crippen molar-refractivity contribution in [2.45, 2.75) is 0 Å². The molecule has 0 bridgehead atoms. The van der Waals surface area contributed by atoms with Gasteiger partial charge in [-0.25, -0.2) is 4.98 Å². The first-order valence-corrected chi connectivity index (χ1v) is 11.7. The number of nitrogens with zero attached hydrogens (tertiary/aromatic N) is 3. The first kappa shape index (κ1) is 18.6. The lowest BCUT2D eigenvalue weighted by molar-refractivity contribution is 0.669. The maximum atomic E-state index is 6.20. The van der Waals surface area contributed by atoms with Crippen LogP contribution in [-0.4, -0.2) is 14.0 Å². The number of hydrogen-bond acceptors (Lipinski definition) is 2. The van der Waals surface area contributed by atoms with Gasteiger partial charge in [-0.15, -0.1) is 0 Å². The highest BCUT2D eigenvalue weighted by Gasteiger charge is 2.16. The van der Waals surface area contributed by atoms with Crippen molar-refractivity contribution in [2.75, 3.05) is 0 Å². The summed E-state index contributed by atoms with van der Waals surface area (Å²) in [5.41, 5.74) is 8.33. The molecule has 0 saturated heterocycles. The monoisotopic (exact) mass is 449 g/mol. The number of fused-ring (bicyclic) bond motifs is 7. The summed E-state index contributed by atoms with van der Waals surface area (Å²) in [5.74, 6) is 0. The highest BCUT2D eigenvalue weighted by Crippen LogP contribution is 2.38. The molecule has 0 aliphatic heterocycles. The normalized spacial score (nSPS) is 12.0. The maximum Gasteiger partial charge on any atom is 0.137 e. The Morgan fingerprint density at radius 3 is 2.29 bits per heavy atom. The third-order valence-corrected chi connectivity index (χ3v) is 6.96. The fourth-order valence-corrected chi connectivity index (χ4v) is 5.32. The van der Waals surface area contributed by atoms with Crippen LogP contribution >= 0.6 is 0 Å². The summed E-state index contributed by atoms with van der Waals surface area (Å²) < 4.78 is 10.6. The van der Waals surface area contributed by atoms with Gasteiger partial charge in [0.2, 0.25) is 0 Å². The molecule has 0 N–H and O–H groups in total. The number of furan rings is 1. The van der Waals surface area contributed by atoms with Gasteiger partial charge in [0.15, 0.2) is 0 Å². The van der Waals surface area contributed by atoms with E-state index >= 15 is 0 Å². The van der Waals surface area contributed by atoms with Crippen molar-refractivity contribution in [2.24, 2.45) is 0 Å². The van der Waals surface area contributed by atoms with Crippen LogP contribution in [0.2, 0.25) is 0 Å². The molecular weight excluding hydrogens is 430 g/mol. The van der Waals surface area contributed by atoms with E-state index in [0.717, 1.165) is 44.5 Å². The van der Waals surface area contributed by atoms with E-state index in [-0.39, 0.29) is 0 Å². The quantitative estimate of drug-likeness (QED) is 0.268. The SMILES string of the molecule is c1ccc2c(c1)oc1cc3c4ccccc4n(-c4ccc(-c5cn6ccccc6n5)cc4)c3cc12. The highest BCUT2D eigenvalue weighted by atomic mass is 16.3. The van der Waals surface area contributed by atoms with Gasteiger partial charge in [0.05, 0.1) is 16.7 Å². The van der Waals surface area contributed by atoms with Crippen LogP contribution in [0.1, 0.15) is 0 Å². The number of benzene rings is 4. The Hall–Kier alpha value is -4.83. The molecular formula is C31H19N3O. The van der Waals surface area contributed by atoms with Crippen LogP contribution in [0.15, 0.2) is 120 Å². The predicted molar refractivity (Wildman–Crippen MR) is 142 cm³/mol. The minimum Gasteiger partial charge on any atom is -0.456 e. The molecule has 0 atom stereocenters. The zero-order valence-electron chi connectivity index (χ0n) is 18.7. The zero-order chi connectivity index (χ0) is 22.9. The lowest BCUT2D eigenvalue weighted by Crippen LogP contribution is -1.93. The number of para-hydroxylation sites is 2. The van der Waals surface area contributed by atoms with Crippen molar-refractivity contribution in [1.29, 1.82) is 0 Å². The van der Waals surface area contributed by atoms with Crippen molar-refractivity contribution in [3.05, 3.63) is 116 Å². The van der Waals surface area contributed by atoms with Gasteiger partial charge >= 0.3 is 0 Å². The molecule has 0 radical (unpaired) electrons. The summed E-state index contributed by atoms with van der Waals surface area (Å²) in [6.07, 6.45) is 4.10. The summed E-state index contributed by atoms with van der Waals surface area (Å²) in [4.78, 5) is 4.78. The Labute approximate surface area is 200 Å². The molecule has 0 unspecified atom stereocenters. The molecule has 0 amide bonds. The van der Waals surface area contributed by atoms with Gasteiger partial charge in [-0.3, -0.25) is 0 Å². The van der Waals surface area contributed by atoms with Gasteiger partial charge in [0.1, 0.15) is 16.8 Å². The van der Waals surface area contributed by atoms with E-state index < -0.39 is 0 Å². The van der Waals surface area contributed by atoms with Crippen LogP contribution in [0, 0.1) is 0 Å². The van der Waals surface area contributed by atoms with Crippen LogP contribution in [0.3, 0.4) is 0 Å². The van der Waals surface area contributed by atoms with E-state index in [1.807, 2.05) is 36.5 Å². The number of pyridine rings is 1. The molecule has 8 aromatic rings. The van der Waals surface area contributed by atoms with Gasteiger partial charge in [-0.2, -0.15) is 0 Å². The van der Waals surface area contributed by atoms with E-state index in [0.29, 0.717) is 0 Å². The minimum absolute atomic E-state index is 0.919. The van der Waals surface area contributed by atoms with Crippen molar-refractivity contribution >= 4 is 49.4 Å². The Balaban J connectivity index is 1.36. The van der Waals surface area contributed by atoms with Crippen molar-refractivity contribution in [1.82, 2.24) is 14.0 Å². The molecule has 4 aromatic carbocycles. The van der Waals surface area contributed by atoms with Crippen LogP contribution in [0.4, 0.5) is 0 Å². The molecule has 4 nitrogen and oxygen atoms in total. The minimum atomic E-state index is 0.919. The smallest absolute Gasteiger partial charge is 0.137 e. The van der Waals surface area contributed by atoms with Gasteiger partial charge in [-0.05, 0) is 48.5 Å². The molecule has 0 fully saturated rings. The third kappa shape index (κ3) is 2.65. The second-order valence-corrected chi connectivity index (χ2v) is 8.96. The second kappa shape index (κ2) is 6.84. The lowest BCUT2D eigenvalue weighted by atomic mass is 10.1. The Morgan fingerprint density at radius 2 is 1.40 bits per heavy atom. The summed E-state index contributed by atoms with van der Waals surface area (Å²) in [6, 6.07) is 36.0. The van der Waals surface area contributed by atoms with E-state index in [2.05, 4.69) is 88.0 Å². The molecule has 0 aliphatic rings. The maximum absolute atomic E-state index is 6.20. The molecule has 4 heterocycles. The summed E-state index contributed by atoms with van der Waals surface area (Å²) >= 11 is 0. The largest absolute Gasteiger partial charge is 0.456 e. The van der Waals surface area contributed by atoms with Crippen molar-refractivity contribution < 1.29 is 4.42 Å². The van der Waals surface area contributed by atoms with E-state index in [1.165, 1.54) is 21.8 Å². The van der Waals surface area contributed by atoms with Gasteiger partial charge < -0.3 is 13.4 Å². The number of hydrogen-bond donors (Lipinski definition) is 0. The number of aromatic nitrogens is 3. The number of imidazole rings is 1. The van der Waals surface area contributed by atoms with Crippen LogP contribution < -0.4 is 0 Å². The molecule has 0 spiro atoms. The standard InChI is InChI=1S/C31H19N3O/c1-3-9-27-22(7-1)24-18-30-25(23-8-2-4-10-29(23)35-30)17-28(24)34(27)21-14-12-20(13-15-21)26-19-33-16-6-5-11-31(33)32-26/h1-19H. The first-order chi connectivity index (χ1) is 17.3. The van der Waals surface area contributed by atoms with Crippen LogP contribution in [0.25, 0.3) is 66.3 Å². The fourth-order valence-electron chi connectivity index (χ4n) is 5.32. The molecule has 4 aromatic heterocycles. The van der Waals surface area contributed by atoms with E-state index in [1.54, 1.807) is 0 Å². The summed E-state index contributed by atoms with van der Waals surface area (Å²) in [7, 11) is 0. The summed E-state index contributed by atoms with van der Waals surface area (Å²) in [5, 5.41) is 4.69. The van der Waals surface area contributed by atoms with Crippen molar-refractivity contribution in [3.63, 3.8) is 0 Å². The van der Waals surface area contributed by atoms with E-state index in [4.69, 9.17) is 9.40 Å². The van der Waals surface area contributed by atoms with E-state index in [9.17, 15) is 0 Å².